The highest BCUT2D eigenvalue weighted by Crippen LogP contribution is 2.34. The average molecular weight is 487 g/mol. The number of thiophene rings is 1. The molecule has 2 amide bonds. The molecule has 7 nitrogen and oxygen atoms in total. The second-order valence-electron chi connectivity index (χ2n) is 7.97. The van der Waals surface area contributed by atoms with E-state index < -0.39 is 0 Å². The summed E-state index contributed by atoms with van der Waals surface area (Å²) in [4.78, 5) is 30.9. The lowest BCUT2D eigenvalue weighted by atomic mass is 10.0. The monoisotopic (exact) mass is 486 g/mol. The highest BCUT2D eigenvalue weighted by molar-refractivity contribution is 7.10. The van der Waals surface area contributed by atoms with Gasteiger partial charge < -0.3 is 23.7 Å². The second kappa shape index (κ2) is 11.3. The van der Waals surface area contributed by atoms with E-state index in [9.17, 15) is 14.0 Å². The van der Waals surface area contributed by atoms with E-state index in [-0.39, 0.29) is 42.6 Å². The quantitative estimate of drug-likeness (QED) is 0.403. The molecule has 180 valence electrons. The predicted octanol–water partition coefficient (Wildman–Crippen LogP) is 4.16. The van der Waals surface area contributed by atoms with Gasteiger partial charge in [0.05, 0.1) is 12.3 Å². The van der Waals surface area contributed by atoms with Crippen molar-refractivity contribution in [1.29, 1.82) is 0 Å². The highest BCUT2D eigenvalue weighted by Gasteiger charge is 2.34. The van der Waals surface area contributed by atoms with E-state index in [1.54, 1.807) is 47.6 Å². The largest absolute Gasteiger partial charge is 0.491 e. The number of hydrogen-bond donors (Lipinski definition) is 0. The molecule has 0 radical (unpaired) electrons. The fourth-order valence-electron chi connectivity index (χ4n) is 4.07. The van der Waals surface area contributed by atoms with Gasteiger partial charge in [-0.05, 0) is 54.1 Å². The first-order valence-corrected chi connectivity index (χ1v) is 12.0. The Morgan fingerprint density at radius 2 is 2.15 bits per heavy atom. The van der Waals surface area contributed by atoms with Crippen LogP contribution in [0.4, 0.5) is 4.39 Å². The Morgan fingerprint density at radius 3 is 2.91 bits per heavy atom. The SMILES string of the molecule is COCCCN(CC(=O)N1CCc2sccc2C1COc1cccc(F)c1)C(=O)c1ccco1. The topological polar surface area (TPSA) is 72.2 Å². The van der Waals surface area contributed by atoms with Gasteiger partial charge in [-0.1, -0.05) is 6.07 Å². The van der Waals surface area contributed by atoms with Crippen molar-refractivity contribution in [2.45, 2.75) is 18.9 Å². The van der Waals surface area contributed by atoms with Crippen molar-refractivity contribution in [2.24, 2.45) is 0 Å². The minimum Gasteiger partial charge on any atom is -0.491 e. The van der Waals surface area contributed by atoms with Gasteiger partial charge in [0.1, 0.15) is 24.7 Å². The van der Waals surface area contributed by atoms with E-state index in [2.05, 4.69) is 0 Å². The van der Waals surface area contributed by atoms with E-state index in [0.717, 1.165) is 12.0 Å². The fraction of sp³-hybridized carbons (Fsp3) is 0.360. The molecule has 2 aromatic heterocycles. The molecule has 1 aliphatic rings. The molecule has 4 rings (SSSR count). The summed E-state index contributed by atoms with van der Waals surface area (Å²) in [6.45, 7) is 1.46. The van der Waals surface area contributed by atoms with Crippen LogP contribution in [0.2, 0.25) is 0 Å². The molecule has 0 saturated heterocycles. The van der Waals surface area contributed by atoms with Crippen molar-refractivity contribution in [2.75, 3.05) is 40.0 Å². The number of carbonyl (C=O) groups excluding carboxylic acids is 2. The van der Waals surface area contributed by atoms with Crippen LogP contribution in [0.1, 0.15) is 33.5 Å². The number of fused-ring (bicyclic) bond motifs is 1. The summed E-state index contributed by atoms with van der Waals surface area (Å²) in [5, 5.41) is 2.01. The second-order valence-corrected chi connectivity index (χ2v) is 8.97. The molecule has 0 N–H and O–H groups in total. The first-order chi connectivity index (χ1) is 16.6. The summed E-state index contributed by atoms with van der Waals surface area (Å²) in [7, 11) is 1.60. The molecule has 0 bridgehead atoms. The zero-order valence-electron chi connectivity index (χ0n) is 18.9. The predicted molar refractivity (Wildman–Crippen MR) is 125 cm³/mol. The lowest BCUT2D eigenvalue weighted by Gasteiger charge is -2.37. The maximum Gasteiger partial charge on any atom is 0.290 e. The summed E-state index contributed by atoms with van der Waals surface area (Å²) >= 11 is 1.65. The number of benzene rings is 1. The Hall–Kier alpha value is -3.17. The van der Waals surface area contributed by atoms with Gasteiger partial charge >= 0.3 is 0 Å². The summed E-state index contributed by atoms with van der Waals surface area (Å²) in [5.74, 6) is -0.301. The molecule has 0 spiro atoms. The number of ether oxygens (including phenoxy) is 2. The Bertz CT molecular complexity index is 1100. The molecule has 1 atom stereocenters. The van der Waals surface area contributed by atoms with Gasteiger partial charge in [0, 0.05) is 37.7 Å². The molecule has 0 fully saturated rings. The zero-order valence-corrected chi connectivity index (χ0v) is 19.8. The Kier molecular flexibility index (Phi) is 7.97. The highest BCUT2D eigenvalue weighted by atomic mass is 32.1. The molecule has 3 aromatic rings. The molecule has 9 heteroatoms. The van der Waals surface area contributed by atoms with Crippen LogP contribution in [0.3, 0.4) is 0 Å². The van der Waals surface area contributed by atoms with Gasteiger partial charge in [0.25, 0.3) is 5.91 Å². The number of halogens is 1. The number of furan rings is 1. The minimum absolute atomic E-state index is 0.0841. The third-order valence-corrected chi connectivity index (χ3v) is 6.74. The van der Waals surface area contributed by atoms with E-state index in [0.29, 0.717) is 31.9 Å². The van der Waals surface area contributed by atoms with Crippen LogP contribution in [0, 0.1) is 5.82 Å². The van der Waals surface area contributed by atoms with Crippen LogP contribution in [0.25, 0.3) is 0 Å². The average Bonchev–Trinajstić information content (AvgIpc) is 3.54. The van der Waals surface area contributed by atoms with Crippen LogP contribution >= 0.6 is 11.3 Å². The number of carbonyl (C=O) groups is 2. The Balaban J connectivity index is 1.50. The minimum atomic E-state index is -0.381. The third kappa shape index (κ3) is 5.66. The molecule has 3 heterocycles. The lowest BCUT2D eigenvalue weighted by molar-refractivity contribution is -0.135. The van der Waals surface area contributed by atoms with Crippen molar-refractivity contribution < 1.29 is 27.9 Å². The number of nitrogens with zero attached hydrogens (tertiary/aromatic N) is 2. The summed E-state index contributed by atoms with van der Waals surface area (Å²) in [6, 6.07) is 10.9. The first-order valence-electron chi connectivity index (χ1n) is 11.1. The molecular formula is C25H27FN2O5S. The summed E-state index contributed by atoms with van der Waals surface area (Å²) < 4.78 is 29.9. The Morgan fingerprint density at radius 1 is 1.26 bits per heavy atom. The Labute approximate surface area is 201 Å². The lowest BCUT2D eigenvalue weighted by Crippen LogP contribution is -2.48. The van der Waals surface area contributed by atoms with Gasteiger partial charge in [-0.15, -0.1) is 11.3 Å². The smallest absolute Gasteiger partial charge is 0.290 e. The maximum atomic E-state index is 13.6. The van der Waals surface area contributed by atoms with Crippen molar-refractivity contribution >= 4 is 23.2 Å². The van der Waals surface area contributed by atoms with E-state index in [1.807, 2.05) is 11.4 Å². The number of amides is 2. The van der Waals surface area contributed by atoms with Crippen LogP contribution < -0.4 is 4.74 Å². The van der Waals surface area contributed by atoms with Crippen LogP contribution in [0.5, 0.6) is 5.75 Å². The van der Waals surface area contributed by atoms with Crippen molar-refractivity contribution in [3.63, 3.8) is 0 Å². The van der Waals surface area contributed by atoms with Gasteiger partial charge in [-0.3, -0.25) is 9.59 Å². The molecule has 0 aliphatic carbocycles. The normalized spacial score (nSPS) is 15.1. The van der Waals surface area contributed by atoms with Crippen molar-refractivity contribution in [3.8, 4) is 5.75 Å². The van der Waals surface area contributed by atoms with Crippen molar-refractivity contribution in [3.05, 3.63) is 76.1 Å². The standard InChI is InChI=1S/C25H27FN2O5S/c1-31-12-4-10-27(25(30)22-7-3-13-32-22)16-24(29)28-11-8-23-20(9-14-34-23)21(28)17-33-19-6-2-5-18(26)15-19/h2-3,5-7,9,13-15,21H,4,8,10-12,16-17H2,1H3. The number of rotatable bonds is 10. The van der Waals surface area contributed by atoms with E-state index >= 15 is 0 Å². The van der Waals surface area contributed by atoms with E-state index in [4.69, 9.17) is 13.9 Å². The third-order valence-electron chi connectivity index (χ3n) is 5.74. The fourth-order valence-corrected chi connectivity index (χ4v) is 5.00. The van der Waals surface area contributed by atoms with Crippen LogP contribution in [0.15, 0.2) is 58.5 Å². The zero-order chi connectivity index (χ0) is 23.9. The van der Waals surface area contributed by atoms with Crippen LogP contribution in [-0.4, -0.2) is 61.6 Å². The summed E-state index contributed by atoms with van der Waals surface area (Å²) in [5.41, 5.74) is 1.03. The van der Waals surface area contributed by atoms with Gasteiger partial charge in [-0.2, -0.15) is 0 Å². The van der Waals surface area contributed by atoms with Crippen LogP contribution in [-0.2, 0) is 16.0 Å². The number of methoxy groups -OCH3 is 1. The molecular weight excluding hydrogens is 459 g/mol. The molecule has 34 heavy (non-hydrogen) atoms. The van der Waals surface area contributed by atoms with Gasteiger partial charge in [-0.25, -0.2) is 4.39 Å². The van der Waals surface area contributed by atoms with E-state index in [1.165, 1.54) is 28.2 Å². The van der Waals surface area contributed by atoms with Gasteiger partial charge in [0.15, 0.2) is 5.76 Å². The molecule has 1 aromatic carbocycles. The maximum absolute atomic E-state index is 13.6. The van der Waals surface area contributed by atoms with Crippen molar-refractivity contribution in [1.82, 2.24) is 9.80 Å². The summed E-state index contributed by atoms with van der Waals surface area (Å²) in [6.07, 6.45) is 2.77. The number of hydrogen-bond acceptors (Lipinski definition) is 6. The molecule has 0 saturated carbocycles. The molecule has 1 unspecified atom stereocenters. The first kappa shape index (κ1) is 24.0. The molecule has 1 aliphatic heterocycles. The van der Waals surface area contributed by atoms with Gasteiger partial charge in [0.2, 0.25) is 5.91 Å².